The SMILES string of the molecule is COc1cccc2[nH]cc(C(=O)c3cc(N)cc(Cl)c3)c12. The number of hydrogen-bond acceptors (Lipinski definition) is 3. The lowest BCUT2D eigenvalue weighted by Gasteiger charge is -2.05. The Morgan fingerprint density at radius 1 is 1.29 bits per heavy atom. The third-order valence-electron chi connectivity index (χ3n) is 3.31. The molecule has 106 valence electrons. The number of aromatic nitrogens is 1. The number of anilines is 1. The summed E-state index contributed by atoms with van der Waals surface area (Å²) in [7, 11) is 1.58. The van der Waals surface area contributed by atoms with E-state index in [2.05, 4.69) is 4.98 Å². The second-order valence-electron chi connectivity index (χ2n) is 4.69. The normalized spacial score (nSPS) is 10.8. The highest BCUT2D eigenvalue weighted by Gasteiger charge is 2.17. The number of hydrogen-bond donors (Lipinski definition) is 2. The second-order valence-corrected chi connectivity index (χ2v) is 5.12. The Balaban J connectivity index is 2.18. The van der Waals surface area contributed by atoms with Gasteiger partial charge in [0.1, 0.15) is 5.75 Å². The van der Waals surface area contributed by atoms with Crippen molar-refractivity contribution >= 4 is 34.0 Å². The lowest BCUT2D eigenvalue weighted by Crippen LogP contribution is -2.02. The summed E-state index contributed by atoms with van der Waals surface area (Å²) in [5, 5.41) is 1.19. The fourth-order valence-corrected chi connectivity index (χ4v) is 2.64. The molecule has 2 aromatic carbocycles. The van der Waals surface area contributed by atoms with E-state index in [1.54, 1.807) is 31.5 Å². The number of nitrogens with one attached hydrogen (secondary N) is 1. The summed E-state index contributed by atoms with van der Waals surface area (Å²) < 4.78 is 5.34. The van der Waals surface area contributed by atoms with Crippen molar-refractivity contribution in [2.45, 2.75) is 0 Å². The van der Waals surface area contributed by atoms with E-state index in [0.717, 1.165) is 10.9 Å². The molecular weight excluding hydrogens is 288 g/mol. The molecule has 0 aliphatic rings. The van der Waals surface area contributed by atoms with Crippen molar-refractivity contribution in [2.75, 3.05) is 12.8 Å². The predicted molar refractivity (Wildman–Crippen MR) is 84.1 cm³/mol. The first kappa shape index (κ1) is 13.5. The van der Waals surface area contributed by atoms with E-state index in [-0.39, 0.29) is 5.78 Å². The van der Waals surface area contributed by atoms with Crippen LogP contribution in [0.4, 0.5) is 5.69 Å². The number of fused-ring (bicyclic) bond motifs is 1. The van der Waals surface area contributed by atoms with Gasteiger partial charge in [-0.15, -0.1) is 0 Å². The van der Waals surface area contributed by atoms with Gasteiger partial charge >= 0.3 is 0 Å². The Morgan fingerprint density at radius 2 is 2.10 bits per heavy atom. The topological polar surface area (TPSA) is 68.1 Å². The van der Waals surface area contributed by atoms with Crippen LogP contribution in [0.15, 0.2) is 42.6 Å². The Kier molecular flexibility index (Phi) is 3.31. The van der Waals surface area contributed by atoms with E-state index >= 15 is 0 Å². The number of H-pyrrole nitrogens is 1. The minimum absolute atomic E-state index is 0.153. The van der Waals surface area contributed by atoms with Gasteiger partial charge in [0.2, 0.25) is 0 Å². The number of halogens is 1. The van der Waals surface area contributed by atoms with Gasteiger partial charge in [-0.3, -0.25) is 4.79 Å². The fraction of sp³-hybridized carbons (Fsp3) is 0.0625. The maximum absolute atomic E-state index is 12.7. The average Bonchev–Trinajstić information content (AvgIpc) is 2.89. The molecule has 0 spiro atoms. The van der Waals surface area contributed by atoms with Crippen molar-refractivity contribution < 1.29 is 9.53 Å². The first-order chi connectivity index (χ1) is 10.1. The van der Waals surface area contributed by atoms with Crippen LogP contribution in [0.3, 0.4) is 0 Å². The van der Waals surface area contributed by atoms with Gasteiger partial charge in [-0.1, -0.05) is 17.7 Å². The Morgan fingerprint density at radius 3 is 2.81 bits per heavy atom. The molecule has 0 amide bonds. The Hall–Kier alpha value is -2.46. The molecule has 3 rings (SSSR count). The average molecular weight is 301 g/mol. The van der Waals surface area contributed by atoms with Gasteiger partial charge in [0.05, 0.1) is 18.1 Å². The molecule has 0 unspecified atom stereocenters. The molecule has 5 heteroatoms. The zero-order chi connectivity index (χ0) is 15.0. The van der Waals surface area contributed by atoms with Crippen molar-refractivity contribution in [3.63, 3.8) is 0 Å². The molecule has 1 aromatic heterocycles. The van der Waals surface area contributed by atoms with Crippen LogP contribution >= 0.6 is 11.6 Å². The number of ether oxygens (including phenoxy) is 1. The molecule has 3 N–H and O–H groups in total. The molecule has 0 fully saturated rings. The Bertz CT molecular complexity index is 819. The predicted octanol–water partition coefficient (Wildman–Crippen LogP) is 3.64. The molecule has 0 radical (unpaired) electrons. The zero-order valence-corrected chi connectivity index (χ0v) is 12.1. The van der Waals surface area contributed by atoms with Gasteiger partial charge in [-0.05, 0) is 30.3 Å². The van der Waals surface area contributed by atoms with Crippen LogP contribution in [0.2, 0.25) is 5.02 Å². The van der Waals surface area contributed by atoms with Crippen LogP contribution in [-0.2, 0) is 0 Å². The van der Waals surface area contributed by atoms with E-state index in [1.807, 2.05) is 18.2 Å². The molecular formula is C16H13ClN2O2. The number of ketones is 1. The minimum atomic E-state index is -0.153. The van der Waals surface area contributed by atoms with Crippen LogP contribution in [0.5, 0.6) is 5.75 Å². The van der Waals surface area contributed by atoms with Gasteiger partial charge in [0.15, 0.2) is 5.78 Å². The van der Waals surface area contributed by atoms with Gasteiger partial charge in [0, 0.05) is 28.0 Å². The van der Waals surface area contributed by atoms with Crippen LogP contribution in [0.25, 0.3) is 10.9 Å². The lowest BCUT2D eigenvalue weighted by molar-refractivity contribution is 0.104. The summed E-state index contributed by atoms with van der Waals surface area (Å²) in [5.41, 5.74) is 8.03. The summed E-state index contributed by atoms with van der Waals surface area (Å²) in [5.74, 6) is 0.493. The first-order valence-electron chi connectivity index (χ1n) is 6.35. The molecule has 0 aliphatic heterocycles. The number of aromatic amines is 1. The van der Waals surface area contributed by atoms with Crippen molar-refractivity contribution in [1.82, 2.24) is 4.98 Å². The van der Waals surface area contributed by atoms with Crippen LogP contribution in [0.1, 0.15) is 15.9 Å². The maximum Gasteiger partial charge on any atom is 0.195 e. The van der Waals surface area contributed by atoms with Crippen molar-refractivity contribution in [3.8, 4) is 5.75 Å². The number of nitrogen functional groups attached to an aromatic ring is 1. The number of benzene rings is 2. The molecule has 0 atom stereocenters. The lowest BCUT2D eigenvalue weighted by atomic mass is 10.0. The van der Waals surface area contributed by atoms with E-state index in [9.17, 15) is 4.79 Å². The quantitative estimate of drug-likeness (QED) is 0.573. The number of carbonyl (C=O) groups is 1. The monoisotopic (exact) mass is 300 g/mol. The van der Waals surface area contributed by atoms with Crippen molar-refractivity contribution in [1.29, 1.82) is 0 Å². The minimum Gasteiger partial charge on any atom is -0.496 e. The molecule has 0 saturated carbocycles. The molecule has 0 aliphatic carbocycles. The van der Waals surface area contributed by atoms with Crippen LogP contribution in [0, 0.1) is 0 Å². The van der Waals surface area contributed by atoms with Crippen LogP contribution in [-0.4, -0.2) is 17.9 Å². The van der Waals surface area contributed by atoms with E-state index < -0.39 is 0 Å². The smallest absolute Gasteiger partial charge is 0.195 e. The maximum atomic E-state index is 12.7. The van der Waals surface area contributed by atoms with Gasteiger partial charge in [-0.2, -0.15) is 0 Å². The molecule has 3 aromatic rings. The summed E-state index contributed by atoms with van der Waals surface area (Å²) in [6, 6.07) is 10.4. The van der Waals surface area contributed by atoms with Gasteiger partial charge < -0.3 is 15.5 Å². The molecule has 1 heterocycles. The summed E-state index contributed by atoms with van der Waals surface area (Å²) >= 11 is 5.97. The number of nitrogens with two attached hydrogens (primary N) is 1. The van der Waals surface area contributed by atoms with E-state index in [0.29, 0.717) is 27.6 Å². The summed E-state index contributed by atoms with van der Waals surface area (Å²) in [6.45, 7) is 0. The summed E-state index contributed by atoms with van der Waals surface area (Å²) in [6.07, 6.45) is 1.67. The highest BCUT2D eigenvalue weighted by Crippen LogP contribution is 2.30. The first-order valence-corrected chi connectivity index (χ1v) is 6.73. The highest BCUT2D eigenvalue weighted by molar-refractivity contribution is 6.31. The van der Waals surface area contributed by atoms with Gasteiger partial charge in [-0.25, -0.2) is 0 Å². The zero-order valence-electron chi connectivity index (χ0n) is 11.3. The largest absolute Gasteiger partial charge is 0.496 e. The van der Waals surface area contributed by atoms with Crippen molar-refractivity contribution in [2.24, 2.45) is 0 Å². The van der Waals surface area contributed by atoms with Crippen molar-refractivity contribution in [3.05, 3.63) is 58.7 Å². The van der Waals surface area contributed by atoms with E-state index in [1.165, 1.54) is 0 Å². The third kappa shape index (κ3) is 2.34. The second kappa shape index (κ2) is 5.14. The van der Waals surface area contributed by atoms with Crippen LogP contribution < -0.4 is 10.5 Å². The third-order valence-corrected chi connectivity index (χ3v) is 3.53. The number of carbonyl (C=O) groups excluding carboxylic acids is 1. The molecule has 0 bridgehead atoms. The summed E-state index contributed by atoms with van der Waals surface area (Å²) in [4.78, 5) is 15.8. The standard InChI is InChI=1S/C16H13ClN2O2/c1-21-14-4-2-3-13-15(14)12(8-19-13)16(20)9-5-10(17)7-11(18)6-9/h2-8,19H,18H2,1H3. The van der Waals surface area contributed by atoms with Gasteiger partial charge in [0.25, 0.3) is 0 Å². The molecule has 21 heavy (non-hydrogen) atoms. The fourth-order valence-electron chi connectivity index (χ4n) is 2.40. The number of rotatable bonds is 3. The molecule has 0 saturated heterocycles. The van der Waals surface area contributed by atoms with E-state index in [4.69, 9.17) is 22.1 Å². The number of methoxy groups -OCH3 is 1. The Labute approximate surface area is 126 Å². The highest BCUT2D eigenvalue weighted by atomic mass is 35.5. The molecule has 4 nitrogen and oxygen atoms in total.